The SMILES string of the molecule is Cc1noc(C)c1-c1cccc(Oc2ccc(C(=O)NC3CC(C)(C)NC(C)(C)C3)cc2Cl)c1C#N. The molecule has 3 aromatic rings. The van der Waals surface area contributed by atoms with Gasteiger partial charge in [-0.2, -0.15) is 5.26 Å². The smallest absolute Gasteiger partial charge is 0.251 e. The van der Waals surface area contributed by atoms with Gasteiger partial charge in [-0.1, -0.05) is 28.9 Å². The van der Waals surface area contributed by atoms with Crippen LogP contribution in [0.15, 0.2) is 40.9 Å². The number of hydrogen-bond donors (Lipinski definition) is 2. The number of aryl methyl sites for hydroxylation is 2. The highest BCUT2D eigenvalue weighted by Crippen LogP contribution is 2.38. The summed E-state index contributed by atoms with van der Waals surface area (Å²) in [6.45, 7) is 12.2. The highest BCUT2D eigenvalue weighted by atomic mass is 35.5. The summed E-state index contributed by atoms with van der Waals surface area (Å²) in [6.07, 6.45) is 1.66. The molecule has 1 aliphatic heterocycles. The lowest BCUT2D eigenvalue weighted by Gasteiger charge is -2.46. The third kappa shape index (κ3) is 5.40. The van der Waals surface area contributed by atoms with Gasteiger partial charge in [0.1, 0.15) is 28.9 Å². The number of amides is 1. The molecule has 0 spiro atoms. The van der Waals surface area contributed by atoms with E-state index in [-0.39, 0.29) is 28.0 Å². The van der Waals surface area contributed by atoms with Gasteiger partial charge in [-0.15, -0.1) is 0 Å². The first-order valence-corrected chi connectivity index (χ1v) is 12.3. The topological polar surface area (TPSA) is 100 Å². The van der Waals surface area contributed by atoms with Gasteiger partial charge in [0.15, 0.2) is 0 Å². The fraction of sp³-hybridized carbons (Fsp3) is 0.393. The van der Waals surface area contributed by atoms with Gasteiger partial charge in [-0.05, 0) is 78.6 Å². The number of carbonyl (C=O) groups is 1. The van der Waals surface area contributed by atoms with Crippen molar-refractivity contribution in [3.8, 4) is 28.7 Å². The Hall–Kier alpha value is -3.34. The Morgan fingerprint density at radius 3 is 2.44 bits per heavy atom. The van der Waals surface area contributed by atoms with Gasteiger partial charge in [0.2, 0.25) is 0 Å². The van der Waals surface area contributed by atoms with Gasteiger partial charge in [0, 0.05) is 33.8 Å². The molecule has 1 fully saturated rings. The Morgan fingerprint density at radius 2 is 1.86 bits per heavy atom. The van der Waals surface area contributed by atoms with Crippen molar-refractivity contribution in [3.63, 3.8) is 0 Å². The molecular formula is C28H31ClN4O3. The Bertz CT molecular complexity index is 1320. The first-order valence-electron chi connectivity index (χ1n) is 11.9. The van der Waals surface area contributed by atoms with Crippen LogP contribution in [0.2, 0.25) is 5.02 Å². The zero-order chi connectivity index (χ0) is 26.3. The van der Waals surface area contributed by atoms with Crippen LogP contribution >= 0.6 is 11.6 Å². The summed E-state index contributed by atoms with van der Waals surface area (Å²) in [7, 11) is 0. The lowest BCUT2D eigenvalue weighted by molar-refractivity contribution is 0.0873. The molecule has 0 saturated carbocycles. The normalized spacial score (nSPS) is 16.8. The number of nitriles is 1. The summed E-state index contributed by atoms with van der Waals surface area (Å²) in [4.78, 5) is 13.0. The minimum Gasteiger partial charge on any atom is -0.454 e. The molecule has 7 nitrogen and oxygen atoms in total. The minimum absolute atomic E-state index is 0.0451. The zero-order valence-corrected chi connectivity index (χ0v) is 22.2. The third-order valence-electron chi connectivity index (χ3n) is 6.38. The van der Waals surface area contributed by atoms with Crippen molar-refractivity contribution in [1.29, 1.82) is 5.26 Å². The average molecular weight is 507 g/mol. The molecule has 36 heavy (non-hydrogen) atoms. The number of nitrogens with zero attached hydrogens (tertiary/aromatic N) is 2. The van der Waals surface area contributed by atoms with E-state index in [1.165, 1.54) is 0 Å². The van der Waals surface area contributed by atoms with E-state index in [0.717, 1.165) is 18.4 Å². The van der Waals surface area contributed by atoms with Gasteiger partial charge in [-0.25, -0.2) is 0 Å². The Morgan fingerprint density at radius 1 is 1.17 bits per heavy atom. The Balaban J connectivity index is 1.55. The number of halogens is 1. The lowest BCUT2D eigenvalue weighted by Crippen LogP contribution is -2.62. The highest BCUT2D eigenvalue weighted by Gasteiger charge is 2.38. The molecule has 2 aromatic carbocycles. The number of carbonyl (C=O) groups excluding carboxylic acids is 1. The van der Waals surface area contributed by atoms with Crippen molar-refractivity contribution in [2.45, 2.75) is 71.5 Å². The fourth-order valence-corrected chi connectivity index (χ4v) is 5.56. The second-order valence-electron chi connectivity index (χ2n) is 10.7. The number of nitrogens with one attached hydrogen (secondary N) is 2. The maximum Gasteiger partial charge on any atom is 0.251 e. The van der Waals surface area contributed by atoms with Crippen LogP contribution in [-0.4, -0.2) is 28.2 Å². The predicted octanol–water partition coefficient (Wildman–Crippen LogP) is 6.31. The van der Waals surface area contributed by atoms with Crippen LogP contribution in [0.3, 0.4) is 0 Å². The second-order valence-corrected chi connectivity index (χ2v) is 11.1. The van der Waals surface area contributed by atoms with Crippen molar-refractivity contribution in [2.75, 3.05) is 0 Å². The van der Waals surface area contributed by atoms with Crippen LogP contribution in [0, 0.1) is 25.2 Å². The van der Waals surface area contributed by atoms with Crippen LogP contribution in [0.25, 0.3) is 11.1 Å². The molecule has 2 heterocycles. The number of rotatable bonds is 5. The van der Waals surface area contributed by atoms with Gasteiger partial charge in [-0.3, -0.25) is 4.79 Å². The third-order valence-corrected chi connectivity index (χ3v) is 6.68. The molecule has 0 atom stereocenters. The maximum atomic E-state index is 13.0. The summed E-state index contributed by atoms with van der Waals surface area (Å²) < 4.78 is 11.3. The van der Waals surface area contributed by atoms with E-state index in [4.69, 9.17) is 20.9 Å². The standard InChI is InChI=1S/C28H31ClN4O3/c1-16-25(17(2)36-32-16)20-8-7-9-23(21(20)15-30)35-24-11-10-18(12-22(24)29)26(34)31-19-13-27(3,4)33-28(5,6)14-19/h7-12,19,33H,13-14H2,1-6H3,(H,31,34). The summed E-state index contributed by atoms with van der Waals surface area (Å²) >= 11 is 6.52. The van der Waals surface area contributed by atoms with Crippen LogP contribution in [0.4, 0.5) is 0 Å². The molecule has 4 rings (SSSR count). The van der Waals surface area contributed by atoms with E-state index in [1.54, 1.807) is 37.3 Å². The second kappa shape index (κ2) is 9.61. The molecule has 0 radical (unpaired) electrons. The molecule has 0 aliphatic carbocycles. The van der Waals surface area contributed by atoms with Gasteiger partial charge >= 0.3 is 0 Å². The van der Waals surface area contributed by atoms with Crippen LogP contribution in [0.1, 0.15) is 67.9 Å². The fourth-order valence-electron chi connectivity index (χ4n) is 5.34. The van der Waals surface area contributed by atoms with E-state index in [2.05, 4.69) is 49.6 Å². The molecule has 8 heteroatoms. The maximum absolute atomic E-state index is 13.0. The Labute approximate surface area is 216 Å². The van der Waals surface area contributed by atoms with Crippen molar-refractivity contribution < 1.29 is 14.1 Å². The molecule has 1 amide bonds. The highest BCUT2D eigenvalue weighted by molar-refractivity contribution is 6.32. The number of ether oxygens (including phenoxy) is 1. The lowest BCUT2D eigenvalue weighted by atomic mass is 9.79. The van der Waals surface area contributed by atoms with Crippen LogP contribution < -0.4 is 15.4 Å². The minimum atomic E-state index is -0.180. The van der Waals surface area contributed by atoms with E-state index in [9.17, 15) is 10.1 Å². The molecule has 188 valence electrons. The first kappa shape index (κ1) is 25.7. The zero-order valence-electron chi connectivity index (χ0n) is 21.5. The molecule has 0 bridgehead atoms. The van der Waals surface area contributed by atoms with Crippen molar-refractivity contribution in [3.05, 3.63) is 64.0 Å². The molecule has 0 unspecified atom stereocenters. The van der Waals surface area contributed by atoms with Crippen molar-refractivity contribution in [1.82, 2.24) is 15.8 Å². The van der Waals surface area contributed by atoms with Crippen LogP contribution in [-0.2, 0) is 0 Å². The van der Waals surface area contributed by atoms with Crippen molar-refractivity contribution in [2.24, 2.45) is 0 Å². The molecule has 2 N–H and O–H groups in total. The number of hydrogen-bond acceptors (Lipinski definition) is 6. The molecule has 1 aromatic heterocycles. The molecule has 1 saturated heterocycles. The van der Waals surface area contributed by atoms with E-state index in [1.807, 2.05) is 13.0 Å². The van der Waals surface area contributed by atoms with Gasteiger partial charge in [0.25, 0.3) is 5.91 Å². The average Bonchev–Trinajstić information content (AvgIpc) is 3.10. The monoisotopic (exact) mass is 506 g/mol. The number of piperidine rings is 1. The number of aromatic nitrogens is 1. The Kier molecular flexibility index (Phi) is 6.87. The summed E-state index contributed by atoms with van der Waals surface area (Å²) in [5, 5.41) is 21.0. The van der Waals surface area contributed by atoms with Gasteiger partial charge in [0.05, 0.1) is 10.7 Å². The van der Waals surface area contributed by atoms with E-state index >= 15 is 0 Å². The molecule has 1 aliphatic rings. The first-order chi connectivity index (χ1) is 16.9. The number of benzene rings is 2. The molecular weight excluding hydrogens is 476 g/mol. The summed E-state index contributed by atoms with van der Waals surface area (Å²) in [5.74, 6) is 1.15. The van der Waals surface area contributed by atoms with Crippen LogP contribution in [0.5, 0.6) is 11.5 Å². The van der Waals surface area contributed by atoms with Crippen molar-refractivity contribution >= 4 is 17.5 Å². The predicted molar refractivity (Wildman–Crippen MR) is 139 cm³/mol. The van der Waals surface area contributed by atoms with E-state index < -0.39 is 0 Å². The largest absolute Gasteiger partial charge is 0.454 e. The van der Waals surface area contributed by atoms with Gasteiger partial charge < -0.3 is 19.9 Å². The summed E-state index contributed by atoms with van der Waals surface area (Å²) in [6, 6.07) is 12.5. The summed E-state index contributed by atoms with van der Waals surface area (Å²) in [5.41, 5.74) is 2.77. The van der Waals surface area contributed by atoms with E-state index in [0.29, 0.717) is 39.6 Å². The quantitative estimate of drug-likeness (QED) is 0.420.